The molecule has 1 amide bonds. The van der Waals surface area contributed by atoms with E-state index < -0.39 is 5.41 Å². The molecule has 0 spiro atoms. The topological polar surface area (TPSA) is 67.3 Å². The molecular formula is C19H22N4O2. The number of hydrogen-bond donors (Lipinski definition) is 1. The summed E-state index contributed by atoms with van der Waals surface area (Å²) in [5.41, 5.74) is 1.59. The summed E-state index contributed by atoms with van der Waals surface area (Å²) in [6.07, 6.45) is 5.41. The van der Waals surface area contributed by atoms with Crippen molar-refractivity contribution in [3.05, 3.63) is 60.2 Å². The van der Waals surface area contributed by atoms with Gasteiger partial charge in [-0.25, -0.2) is 0 Å². The molecule has 0 radical (unpaired) electrons. The number of fused-ring (bicyclic) bond motifs is 1. The van der Waals surface area contributed by atoms with Crippen LogP contribution in [-0.4, -0.2) is 47.1 Å². The van der Waals surface area contributed by atoms with Gasteiger partial charge in [0.05, 0.1) is 30.9 Å². The summed E-state index contributed by atoms with van der Waals surface area (Å²) >= 11 is 0. The van der Waals surface area contributed by atoms with Crippen molar-refractivity contribution in [1.82, 2.24) is 20.2 Å². The summed E-state index contributed by atoms with van der Waals surface area (Å²) in [5, 5.41) is 3.07. The number of carbonyl (C=O) groups excluding carboxylic acids is 1. The molecule has 6 nitrogen and oxygen atoms in total. The fourth-order valence-electron chi connectivity index (χ4n) is 3.88. The number of pyridine rings is 2. The Hall–Kier alpha value is -2.31. The fourth-order valence-corrected chi connectivity index (χ4v) is 3.88. The third-order valence-electron chi connectivity index (χ3n) is 5.18. The highest BCUT2D eigenvalue weighted by Crippen LogP contribution is 2.42. The molecule has 6 heteroatoms. The Morgan fingerprint density at radius 2 is 2.28 bits per heavy atom. The molecule has 0 aliphatic carbocycles. The van der Waals surface area contributed by atoms with E-state index in [1.165, 1.54) is 5.56 Å². The maximum absolute atomic E-state index is 13.0. The van der Waals surface area contributed by atoms with Gasteiger partial charge in [0, 0.05) is 44.1 Å². The number of aromatic nitrogens is 2. The third kappa shape index (κ3) is 3.27. The molecule has 0 bridgehead atoms. The minimum atomic E-state index is -0.447. The van der Waals surface area contributed by atoms with Gasteiger partial charge in [-0.15, -0.1) is 0 Å². The van der Waals surface area contributed by atoms with Gasteiger partial charge in [0.2, 0.25) is 5.91 Å². The number of nitrogens with zero attached hydrogens (tertiary/aromatic N) is 3. The van der Waals surface area contributed by atoms with Crippen LogP contribution in [0.25, 0.3) is 0 Å². The highest BCUT2D eigenvalue weighted by atomic mass is 16.5. The first-order valence-electron chi connectivity index (χ1n) is 8.63. The molecule has 2 aliphatic rings. The van der Waals surface area contributed by atoms with Crippen LogP contribution in [0.15, 0.2) is 48.9 Å². The number of amides is 1. The first-order chi connectivity index (χ1) is 12.3. The van der Waals surface area contributed by atoms with Gasteiger partial charge in [-0.2, -0.15) is 0 Å². The zero-order valence-electron chi connectivity index (χ0n) is 14.1. The van der Waals surface area contributed by atoms with Crippen LogP contribution in [0.2, 0.25) is 0 Å². The quantitative estimate of drug-likeness (QED) is 0.888. The van der Waals surface area contributed by atoms with Crippen LogP contribution in [0.1, 0.15) is 11.3 Å². The summed E-state index contributed by atoms with van der Waals surface area (Å²) in [4.78, 5) is 23.7. The number of hydrogen-bond acceptors (Lipinski definition) is 5. The first kappa shape index (κ1) is 16.2. The molecule has 2 fully saturated rings. The molecule has 2 aromatic rings. The van der Waals surface area contributed by atoms with Crippen LogP contribution >= 0.6 is 0 Å². The van der Waals surface area contributed by atoms with Crippen LogP contribution < -0.4 is 5.32 Å². The lowest BCUT2D eigenvalue weighted by molar-refractivity contribution is -0.131. The Labute approximate surface area is 147 Å². The van der Waals surface area contributed by atoms with Gasteiger partial charge in [-0.05, 0) is 23.8 Å². The van der Waals surface area contributed by atoms with Crippen molar-refractivity contribution in [3.63, 3.8) is 0 Å². The standard InChI is InChI=1S/C19H22N4O2/c24-18(22-9-17-5-1-2-7-21-17)19-13-23(11-16(19)12-25-14-19)10-15-4-3-6-20-8-15/h1-8,16H,9-14H2,(H,22,24)/t16-,19-/m1/s1. The monoisotopic (exact) mass is 338 g/mol. The average Bonchev–Trinajstić information content (AvgIpc) is 3.19. The van der Waals surface area contributed by atoms with Gasteiger partial charge in [0.25, 0.3) is 0 Å². The molecular weight excluding hydrogens is 316 g/mol. The van der Waals surface area contributed by atoms with Crippen molar-refractivity contribution >= 4 is 5.91 Å². The highest BCUT2D eigenvalue weighted by molar-refractivity contribution is 5.84. The van der Waals surface area contributed by atoms with Gasteiger partial charge in [0.15, 0.2) is 0 Å². The minimum absolute atomic E-state index is 0.0781. The van der Waals surface area contributed by atoms with Crippen LogP contribution in [0, 0.1) is 11.3 Å². The molecule has 130 valence electrons. The van der Waals surface area contributed by atoms with E-state index in [0.29, 0.717) is 19.8 Å². The first-order valence-corrected chi connectivity index (χ1v) is 8.63. The van der Waals surface area contributed by atoms with Gasteiger partial charge in [-0.1, -0.05) is 12.1 Å². The van der Waals surface area contributed by atoms with Crippen molar-refractivity contribution in [2.45, 2.75) is 13.1 Å². The SMILES string of the molecule is O=C(NCc1ccccn1)[C@]12COC[C@H]1CN(Cc1cccnc1)C2. The van der Waals surface area contributed by atoms with E-state index in [2.05, 4.69) is 26.3 Å². The summed E-state index contributed by atoms with van der Waals surface area (Å²) in [6, 6.07) is 9.75. The second kappa shape index (κ2) is 6.90. The van der Waals surface area contributed by atoms with Gasteiger partial charge >= 0.3 is 0 Å². The number of carbonyl (C=O) groups is 1. The molecule has 2 aliphatic heterocycles. The second-order valence-corrected chi connectivity index (χ2v) is 6.90. The van der Waals surface area contributed by atoms with E-state index in [1.807, 2.05) is 30.5 Å². The predicted molar refractivity (Wildman–Crippen MR) is 92.3 cm³/mol. The number of nitrogens with one attached hydrogen (secondary N) is 1. The van der Waals surface area contributed by atoms with Gasteiger partial charge in [-0.3, -0.25) is 19.7 Å². The molecule has 2 atom stereocenters. The zero-order valence-corrected chi connectivity index (χ0v) is 14.1. The Kier molecular flexibility index (Phi) is 4.46. The number of rotatable bonds is 5. The van der Waals surface area contributed by atoms with Crippen molar-refractivity contribution in [2.75, 3.05) is 26.3 Å². The summed E-state index contributed by atoms with van der Waals surface area (Å²) < 4.78 is 5.67. The smallest absolute Gasteiger partial charge is 0.230 e. The van der Waals surface area contributed by atoms with E-state index in [0.717, 1.165) is 25.3 Å². The Morgan fingerprint density at radius 1 is 1.32 bits per heavy atom. The Balaban J connectivity index is 1.42. The Bertz CT molecular complexity index is 725. The lowest BCUT2D eigenvalue weighted by Crippen LogP contribution is -2.46. The normalized spacial score (nSPS) is 25.7. The molecule has 0 unspecified atom stereocenters. The average molecular weight is 338 g/mol. The van der Waals surface area contributed by atoms with E-state index in [-0.39, 0.29) is 11.8 Å². The minimum Gasteiger partial charge on any atom is -0.380 e. The van der Waals surface area contributed by atoms with E-state index in [1.54, 1.807) is 12.4 Å². The predicted octanol–water partition coefficient (Wildman–Crippen LogP) is 1.24. The number of ether oxygens (including phenoxy) is 1. The molecule has 2 aromatic heterocycles. The van der Waals surface area contributed by atoms with Gasteiger partial charge < -0.3 is 10.1 Å². The largest absolute Gasteiger partial charge is 0.380 e. The van der Waals surface area contributed by atoms with Crippen molar-refractivity contribution in [1.29, 1.82) is 0 Å². The lowest BCUT2D eigenvalue weighted by atomic mass is 9.80. The molecule has 4 rings (SSSR count). The molecule has 1 N–H and O–H groups in total. The maximum Gasteiger partial charge on any atom is 0.230 e. The summed E-state index contributed by atoms with van der Waals surface area (Å²) in [7, 11) is 0. The molecule has 2 saturated heterocycles. The molecule has 25 heavy (non-hydrogen) atoms. The van der Waals surface area contributed by atoms with Crippen LogP contribution in [-0.2, 0) is 22.6 Å². The highest BCUT2D eigenvalue weighted by Gasteiger charge is 2.55. The van der Waals surface area contributed by atoms with Crippen LogP contribution in [0.3, 0.4) is 0 Å². The molecule has 4 heterocycles. The van der Waals surface area contributed by atoms with Crippen LogP contribution in [0.4, 0.5) is 0 Å². The van der Waals surface area contributed by atoms with E-state index in [4.69, 9.17) is 4.74 Å². The van der Waals surface area contributed by atoms with E-state index in [9.17, 15) is 4.79 Å². The fraction of sp³-hybridized carbons (Fsp3) is 0.421. The lowest BCUT2D eigenvalue weighted by Gasteiger charge is -2.26. The Morgan fingerprint density at radius 3 is 3.08 bits per heavy atom. The number of likely N-dealkylation sites (tertiary alicyclic amines) is 1. The zero-order chi connectivity index (χ0) is 17.1. The maximum atomic E-state index is 13.0. The van der Waals surface area contributed by atoms with Crippen LogP contribution in [0.5, 0.6) is 0 Å². The van der Waals surface area contributed by atoms with Crippen molar-refractivity contribution in [3.8, 4) is 0 Å². The molecule has 0 aromatic carbocycles. The van der Waals surface area contributed by atoms with Crippen molar-refractivity contribution in [2.24, 2.45) is 11.3 Å². The molecule has 0 saturated carbocycles. The third-order valence-corrected chi connectivity index (χ3v) is 5.18. The van der Waals surface area contributed by atoms with E-state index >= 15 is 0 Å². The summed E-state index contributed by atoms with van der Waals surface area (Å²) in [5.74, 6) is 0.322. The summed E-state index contributed by atoms with van der Waals surface area (Å²) in [6.45, 7) is 4.03. The second-order valence-electron chi connectivity index (χ2n) is 6.90. The van der Waals surface area contributed by atoms with Gasteiger partial charge in [0.1, 0.15) is 0 Å². The van der Waals surface area contributed by atoms with Crippen molar-refractivity contribution < 1.29 is 9.53 Å².